The number of rotatable bonds is 14. The van der Waals surface area contributed by atoms with E-state index in [-0.39, 0.29) is 57.3 Å². The molecular weight excluding hydrogens is 961 g/mol. The fourth-order valence-electron chi connectivity index (χ4n) is 8.91. The maximum absolute atomic E-state index is 14.9. The van der Waals surface area contributed by atoms with Gasteiger partial charge in [0.1, 0.15) is 36.3 Å². The van der Waals surface area contributed by atoms with Crippen LogP contribution in [0.5, 0.6) is 0 Å². The van der Waals surface area contributed by atoms with Crippen LogP contribution in [0.3, 0.4) is 0 Å². The first kappa shape index (κ1) is 56.3. The number of aromatic nitrogens is 1. The first-order valence-corrected chi connectivity index (χ1v) is 25.5. The number of fused-ring (bicyclic) bond motifs is 1. The Hall–Kier alpha value is -7.97. The molecule has 4 aromatic carbocycles. The lowest BCUT2D eigenvalue weighted by Gasteiger charge is -2.28. The summed E-state index contributed by atoms with van der Waals surface area (Å²) < 4.78 is 0. The van der Waals surface area contributed by atoms with E-state index in [1.54, 1.807) is 54.7 Å². The molecule has 6 rings (SSSR count). The van der Waals surface area contributed by atoms with E-state index >= 15 is 0 Å². The zero-order valence-corrected chi connectivity index (χ0v) is 42.1. The van der Waals surface area contributed by atoms with Crippen molar-refractivity contribution in [1.82, 2.24) is 42.2 Å². The highest BCUT2D eigenvalue weighted by molar-refractivity contribution is 5.98. The number of aromatic amines is 1. The topological polar surface area (TPSA) is 309 Å². The molecule has 1 saturated heterocycles. The maximum atomic E-state index is 14.9. The summed E-state index contributed by atoms with van der Waals surface area (Å²) >= 11 is 0. The molecule has 1 aromatic heterocycles. The summed E-state index contributed by atoms with van der Waals surface area (Å²) in [5.41, 5.74) is 8.90. The van der Waals surface area contributed by atoms with Gasteiger partial charge in [0.25, 0.3) is 5.69 Å². The van der Waals surface area contributed by atoms with Crippen molar-refractivity contribution in [2.24, 2.45) is 5.73 Å². The minimum atomic E-state index is -1.58. The van der Waals surface area contributed by atoms with Crippen LogP contribution < -0.4 is 43.0 Å². The number of benzene rings is 4. The summed E-state index contributed by atoms with van der Waals surface area (Å²) in [6, 6.07) is 22.8. The number of amides is 7. The van der Waals surface area contributed by atoms with Gasteiger partial charge in [-0.2, -0.15) is 0 Å². The summed E-state index contributed by atoms with van der Waals surface area (Å²) in [4.78, 5) is 114. The van der Waals surface area contributed by atoms with Crippen molar-refractivity contribution in [2.45, 2.75) is 126 Å². The second-order valence-corrected chi connectivity index (χ2v) is 18.9. The first-order valence-electron chi connectivity index (χ1n) is 25.5. The quantitative estimate of drug-likeness (QED) is 0.0438. The summed E-state index contributed by atoms with van der Waals surface area (Å²) in [6.45, 7) is 1.83. The lowest BCUT2D eigenvalue weighted by atomic mass is 10.00. The predicted molar refractivity (Wildman–Crippen MR) is 281 cm³/mol. The Morgan fingerprint density at radius 1 is 0.573 bits per heavy atom. The number of nitro groups is 1. The van der Waals surface area contributed by atoms with Crippen molar-refractivity contribution in [3.63, 3.8) is 0 Å². The Morgan fingerprint density at radius 2 is 1.08 bits per heavy atom. The molecule has 0 spiro atoms. The highest BCUT2D eigenvalue weighted by atomic mass is 16.6. The van der Waals surface area contributed by atoms with Gasteiger partial charge in [-0.25, -0.2) is 0 Å². The van der Waals surface area contributed by atoms with Crippen molar-refractivity contribution in [3.8, 4) is 0 Å². The summed E-state index contributed by atoms with van der Waals surface area (Å²) in [7, 11) is 0. The number of carbonyl (C=O) groups excluding carboxylic acids is 7. The van der Waals surface area contributed by atoms with E-state index in [2.05, 4.69) is 42.2 Å². The fraction of sp³-hybridized carbons (Fsp3) is 0.400. The average molecular weight is 1030 g/mol. The highest BCUT2D eigenvalue weighted by Gasteiger charge is 2.35. The molecule has 1 aliphatic heterocycles. The fourth-order valence-corrected chi connectivity index (χ4v) is 8.91. The van der Waals surface area contributed by atoms with E-state index < -0.39 is 88.6 Å². The van der Waals surface area contributed by atoms with Crippen LogP contribution in [0, 0.1) is 10.1 Å². The number of aliphatic hydroxyl groups excluding tert-OH is 1. The van der Waals surface area contributed by atoms with Gasteiger partial charge in [-0.05, 0) is 73.9 Å². The molecule has 11 N–H and O–H groups in total. The third kappa shape index (κ3) is 17.3. The zero-order valence-electron chi connectivity index (χ0n) is 42.1. The molecule has 0 unspecified atom stereocenters. The molecule has 0 radical (unpaired) electrons. The normalized spacial score (nSPS) is 21.8. The number of hydrogen-bond donors (Lipinski definition) is 10. The number of carbonyl (C=O) groups is 7. The maximum Gasteiger partial charge on any atom is 0.269 e. The van der Waals surface area contributed by atoms with Crippen molar-refractivity contribution >= 4 is 57.9 Å². The number of non-ortho nitro benzene ring substituents is 1. The molecule has 0 bridgehead atoms. The second kappa shape index (κ2) is 28.5. The number of para-hydroxylation sites is 1. The number of hydrogen-bond acceptors (Lipinski definition) is 11. The first-order chi connectivity index (χ1) is 36.2. The second-order valence-electron chi connectivity index (χ2n) is 18.9. The third-order valence-electron chi connectivity index (χ3n) is 13.1. The molecule has 0 saturated carbocycles. The van der Waals surface area contributed by atoms with Crippen LogP contribution >= 0.6 is 0 Å². The smallest absolute Gasteiger partial charge is 0.269 e. The van der Waals surface area contributed by atoms with E-state index in [1.165, 1.54) is 31.2 Å². The van der Waals surface area contributed by atoms with Crippen LogP contribution in [0.25, 0.3) is 10.9 Å². The Labute approximate surface area is 435 Å². The van der Waals surface area contributed by atoms with Gasteiger partial charge in [0.2, 0.25) is 41.4 Å². The van der Waals surface area contributed by atoms with Crippen molar-refractivity contribution < 1.29 is 43.6 Å². The SMILES string of the molecule is C[C@@H](O)[C@@H]1NC(=O)[C@H](CCCCN)NC(=O)[C@@H](Cc2c[nH]c3ccccc23)NC(=O)[C@H](Cc2ccc([N+](=O)[O-])cc2)NC(=O)[C@H](Cc2ccccc2)NC(=O)CCCCCCNC(=O)[C@H](Cc2ccccc2)NC1=O. The molecule has 1 fully saturated rings. The molecular formula is C55H68N10O10. The molecule has 7 amide bonds. The average Bonchev–Trinajstić information content (AvgIpc) is 3.81. The Bertz CT molecular complexity index is 2720. The van der Waals surface area contributed by atoms with Crippen molar-refractivity contribution in [1.29, 1.82) is 0 Å². The summed E-state index contributed by atoms with van der Waals surface area (Å²) in [5.74, 6) is -4.92. The molecule has 2 heterocycles. The number of nitrogens with one attached hydrogen (secondary N) is 8. The Kier molecular flexibility index (Phi) is 21.4. The molecule has 75 heavy (non-hydrogen) atoms. The van der Waals surface area contributed by atoms with Gasteiger partial charge in [0.15, 0.2) is 0 Å². The summed E-state index contributed by atoms with van der Waals surface area (Å²) in [5, 5.41) is 42.8. The minimum Gasteiger partial charge on any atom is -0.391 e. The van der Waals surface area contributed by atoms with Crippen LogP contribution in [0.1, 0.15) is 80.5 Å². The number of H-pyrrole nitrogens is 1. The van der Waals surface area contributed by atoms with E-state index in [1.807, 2.05) is 36.4 Å². The molecule has 0 aliphatic carbocycles. The third-order valence-corrected chi connectivity index (χ3v) is 13.1. The number of aliphatic hydroxyl groups is 1. The summed E-state index contributed by atoms with van der Waals surface area (Å²) in [6.07, 6.45) is 3.22. The van der Waals surface area contributed by atoms with Gasteiger partial charge in [0.05, 0.1) is 11.0 Å². The van der Waals surface area contributed by atoms with Crippen LogP contribution in [-0.4, -0.2) is 112 Å². The van der Waals surface area contributed by atoms with Gasteiger partial charge in [0, 0.05) is 67.9 Å². The van der Waals surface area contributed by atoms with Gasteiger partial charge in [-0.15, -0.1) is 0 Å². The van der Waals surface area contributed by atoms with Gasteiger partial charge >= 0.3 is 0 Å². The number of unbranched alkanes of at least 4 members (excludes halogenated alkanes) is 1. The van der Waals surface area contributed by atoms with Crippen molar-refractivity contribution in [3.05, 3.63) is 148 Å². The molecule has 7 atom stereocenters. The predicted octanol–water partition coefficient (Wildman–Crippen LogP) is 2.85. The number of nitro benzene ring substituents is 1. The van der Waals surface area contributed by atoms with E-state index in [9.17, 15) is 48.8 Å². The van der Waals surface area contributed by atoms with Crippen LogP contribution in [0.15, 0.2) is 115 Å². The van der Waals surface area contributed by atoms with Crippen LogP contribution in [-0.2, 0) is 59.2 Å². The van der Waals surface area contributed by atoms with Gasteiger partial charge < -0.3 is 53.0 Å². The van der Waals surface area contributed by atoms with Crippen LogP contribution in [0.4, 0.5) is 5.69 Å². The Balaban J connectivity index is 1.37. The van der Waals surface area contributed by atoms with Gasteiger partial charge in [-0.3, -0.25) is 43.7 Å². The van der Waals surface area contributed by atoms with Gasteiger partial charge in [-0.1, -0.05) is 104 Å². The Morgan fingerprint density at radius 3 is 1.68 bits per heavy atom. The van der Waals surface area contributed by atoms with Crippen molar-refractivity contribution in [2.75, 3.05) is 13.1 Å². The largest absolute Gasteiger partial charge is 0.391 e. The van der Waals surface area contributed by atoms with E-state index in [0.29, 0.717) is 49.7 Å². The molecule has 20 heteroatoms. The van der Waals surface area contributed by atoms with E-state index in [4.69, 9.17) is 5.73 Å². The zero-order chi connectivity index (χ0) is 53.7. The number of nitrogens with two attached hydrogens (primary N) is 1. The minimum absolute atomic E-state index is 0.0308. The highest BCUT2D eigenvalue weighted by Crippen LogP contribution is 2.21. The monoisotopic (exact) mass is 1030 g/mol. The lowest BCUT2D eigenvalue weighted by molar-refractivity contribution is -0.384. The molecule has 20 nitrogen and oxygen atoms in total. The van der Waals surface area contributed by atoms with E-state index in [0.717, 1.165) is 22.0 Å². The standard InChI is InChI=1S/C55H68N10O10/c1-35(66)49-55(73)63-44(30-36-16-6-4-7-17-36)50(68)57-29-15-3-2-10-23-48(67)59-45(31-37-18-8-5-9-19-37)52(70)61-46(32-38-24-26-40(27-25-38)65(74)75)53(71)62-47(33-39-34-58-42-21-12-11-20-41(39)42)54(72)60-43(51(69)64-49)22-13-14-28-56/h4-9,11-12,16-21,24-27,34-35,43-47,49,58,66H,2-3,10,13-15,22-23,28-33,56H2,1H3,(H,57,68)(H,59,67)(H,60,72)(H,61,70)(H,62,71)(H,63,73)(H,64,69)/t35-,43+,44+,45+,46+,47-,49+/m1/s1. The lowest BCUT2D eigenvalue weighted by Crippen LogP contribution is -2.61. The number of nitrogens with zero attached hydrogens (tertiary/aromatic N) is 1. The molecule has 1 aliphatic rings. The molecule has 398 valence electrons. The van der Waals surface area contributed by atoms with Crippen LogP contribution in [0.2, 0.25) is 0 Å². The molecule has 5 aromatic rings.